The number of thioether (sulfide) groups is 1. The lowest BCUT2D eigenvalue weighted by Crippen LogP contribution is -2.42. The molecule has 10 heteroatoms. The first kappa shape index (κ1) is 22.1. The van der Waals surface area contributed by atoms with Crippen molar-refractivity contribution in [2.24, 2.45) is 0 Å². The third kappa shape index (κ3) is 4.28. The molecule has 2 bridgehead atoms. The van der Waals surface area contributed by atoms with Crippen molar-refractivity contribution in [1.82, 2.24) is 14.9 Å². The van der Waals surface area contributed by atoms with Crippen molar-refractivity contribution in [2.45, 2.75) is 67.7 Å². The highest BCUT2D eigenvalue weighted by Gasteiger charge is 2.51. The van der Waals surface area contributed by atoms with Gasteiger partial charge in [0.1, 0.15) is 24.4 Å². The number of ether oxygens (including phenoxy) is 3. The molecule has 1 aromatic carbocycles. The molecule has 2 unspecified atom stereocenters. The first-order valence-corrected chi connectivity index (χ1v) is 12.4. The predicted molar refractivity (Wildman–Crippen MR) is 122 cm³/mol. The Morgan fingerprint density at radius 2 is 2.09 bits per heavy atom. The number of hydrogen-bond acceptors (Lipinski definition) is 8. The van der Waals surface area contributed by atoms with Crippen LogP contribution >= 0.6 is 11.8 Å². The van der Waals surface area contributed by atoms with E-state index in [-0.39, 0.29) is 47.7 Å². The molecule has 8 nitrogen and oxygen atoms in total. The molecule has 0 radical (unpaired) electrons. The number of rotatable bonds is 7. The molecule has 1 aromatic heterocycles. The van der Waals surface area contributed by atoms with Gasteiger partial charge in [-0.15, -0.1) is 11.8 Å². The van der Waals surface area contributed by atoms with Gasteiger partial charge in [-0.3, -0.25) is 4.90 Å². The minimum absolute atomic E-state index is 0.0536. The molecule has 2 saturated heterocycles. The Balaban J connectivity index is 1.31. The summed E-state index contributed by atoms with van der Waals surface area (Å²) in [6, 6.07) is 5.00. The van der Waals surface area contributed by atoms with Crippen molar-refractivity contribution < 1.29 is 23.4 Å². The van der Waals surface area contributed by atoms with E-state index in [2.05, 4.69) is 15.3 Å². The van der Waals surface area contributed by atoms with Crippen molar-refractivity contribution >= 4 is 29.4 Å². The van der Waals surface area contributed by atoms with Crippen LogP contribution in [0.25, 0.3) is 0 Å². The average molecular weight is 475 g/mol. The van der Waals surface area contributed by atoms with Crippen LogP contribution in [-0.2, 0) is 4.74 Å². The van der Waals surface area contributed by atoms with E-state index in [9.17, 15) is 9.18 Å². The predicted octanol–water partition coefficient (Wildman–Crippen LogP) is 4.76. The number of carbonyl (C=O) groups excluding carboxylic acids is 1. The van der Waals surface area contributed by atoms with Crippen molar-refractivity contribution in [3.05, 3.63) is 30.3 Å². The Morgan fingerprint density at radius 3 is 2.79 bits per heavy atom. The van der Waals surface area contributed by atoms with Crippen molar-refractivity contribution in [3.63, 3.8) is 0 Å². The molecule has 5 rings (SSSR count). The molecule has 3 atom stereocenters. The van der Waals surface area contributed by atoms with Gasteiger partial charge in [-0.2, -0.15) is 4.98 Å². The Morgan fingerprint density at radius 1 is 1.24 bits per heavy atom. The molecule has 1 amide bonds. The first-order chi connectivity index (χ1) is 16.1. The summed E-state index contributed by atoms with van der Waals surface area (Å²) in [5, 5.41) is 2.98. The van der Waals surface area contributed by atoms with Crippen LogP contribution in [0.1, 0.15) is 38.5 Å². The topological polar surface area (TPSA) is 85.8 Å². The number of carbonyl (C=O) groups is 1. The fraction of sp³-hybridized carbons (Fsp3) is 0.522. The summed E-state index contributed by atoms with van der Waals surface area (Å²) in [5.41, 5.74) is 0.278. The van der Waals surface area contributed by atoms with Gasteiger partial charge in [-0.05, 0) is 56.6 Å². The third-order valence-corrected chi connectivity index (χ3v) is 7.40. The van der Waals surface area contributed by atoms with Gasteiger partial charge >= 0.3 is 6.09 Å². The number of anilines is 2. The highest BCUT2D eigenvalue weighted by atomic mass is 32.2. The zero-order chi connectivity index (χ0) is 22.9. The molecule has 1 N–H and O–H groups in total. The van der Waals surface area contributed by atoms with Crippen LogP contribution in [0.4, 0.5) is 20.7 Å². The van der Waals surface area contributed by atoms with Gasteiger partial charge in [0, 0.05) is 17.4 Å². The molecule has 3 aliphatic rings. The molecular formula is C23H27FN4O4S. The Bertz CT molecular complexity index is 1040. The lowest BCUT2D eigenvalue weighted by Gasteiger charge is -2.30. The second-order valence-corrected chi connectivity index (χ2v) is 9.45. The van der Waals surface area contributed by atoms with Crippen LogP contribution in [0.3, 0.4) is 0 Å². The Kier molecular flexibility index (Phi) is 6.18. The fourth-order valence-corrected chi connectivity index (χ4v) is 5.17. The van der Waals surface area contributed by atoms with Gasteiger partial charge in [0.25, 0.3) is 5.88 Å². The third-order valence-electron chi connectivity index (χ3n) is 6.68. The maximum atomic E-state index is 14.5. The van der Waals surface area contributed by atoms with Crippen LogP contribution in [0.2, 0.25) is 0 Å². The number of halogens is 1. The number of nitrogens with zero attached hydrogens (tertiary/aromatic N) is 3. The second-order valence-electron chi connectivity index (χ2n) is 8.57. The summed E-state index contributed by atoms with van der Waals surface area (Å²) in [6.45, 7) is 0. The molecule has 0 spiro atoms. The van der Waals surface area contributed by atoms with Crippen molar-refractivity contribution in [2.75, 3.05) is 18.7 Å². The molecule has 3 heterocycles. The largest absolute Gasteiger partial charge is 0.489 e. The van der Waals surface area contributed by atoms with E-state index < -0.39 is 5.82 Å². The SMILES string of the molecule is COc1c(Nc2ccc(SC)cc2F)ncnc1O[C@H]1CC2CCC1N2C(=O)OC1CCC1. The van der Waals surface area contributed by atoms with Crippen LogP contribution < -0.4 is 14.8 Å². The van der Waals surface area contributed by atoms with E-state index in [4.69, 9.17) is 14.2 Å². The summed E-state index contributed by atoms with van der Waals surface area (Å²) in [7, 11) is 1.49. The molecule has 1 saturated carbocycles. The van der Waals surface area contributed by atoms with Gasteiger partial charge in [0.2, 0.25) is 5.75 Å². The Labute approximate surface area is 196 Å². The smallest absolute Gasteiger partial charge is 0.410 e. The quantitative estimate of drug-likeness (QED) is 0.575. The number of amides is 1. The van der Waals surface area contributed by atoms with Gasteiger partial charge in [-0.1, -0.05) is 0 Å². The molecule has 33 heavy (non-hydrogen) atoms. The highest BCUT2D eigenvalue weighted by Crippen LogP contribution is 2.43. The number of aromatic nitrogens is 2. The normalized spacial score (nSPS) is 23.8. The van der Waals surface area contributed by atoms with Crippen LogP contribution in [0, 0.1) is 5.82 Å². The van der Waals surface area contributed by atoms with Crippen molar-refractivity contribution in [3.8, 4) is 11.6 Å². The lowest BCUT2D eigenvalue weighted by molar-refractivity contribution is 0.0201. The Hall–Kier alpha value is -2.75. The molecule has 2 aliphatic heterocycles. The van der Waals surface area contributed by atoms with Crippen LogP contribution in [-0.4, -0.2) is 58.6 Å². The molecule has 176 valence electrons. The molecular weight excluding hydrogens is 447 g/mol. The van der Waals surface area contributed by atoms with E-state index >= 15 is 0 Å². The van der Waals surface area contributed by atoms with Crippen molar-refractivity contribution in [1.29, 1.82) is 0 Å². The van der Waals surface area contributed by atoms with Gasteiger partial charge in [0.15, 0.2) is 5.82 Å². The summed E-state index contributed by atoms with van der Waals surface area (Å²) >= 11 is 1.47. The average Bonchev–Trinajstić information content (AvgIpc) is 3.35. The number of fused-ring (bicyclic) bond motifs is 2. The number of benzene rings is 1. The van der Waals surface area contributed by atoms with Gasteiger partial charge in [-0.25, -0.2) is 14.2 Å². The minimum Gasteiger partial charge on any atom is -0.489 e. The standard InChI is InChI=1S/C23H27FN4O4S/c1-30-20-21(27-17-8-7-15(33-2)11-16(17)24)25-12-26-22(20)32-19-10-13-6-9-18(19)28(13)23(29)31-14-4-3-5-14/h7-8,11-14,18-19H,3-6,9-10H2,1-2H3,(H,25,26,27)/t13?,18?,19-/m0/s1. The molecule has 3 fully saturated rings. The summed E-state index contributed by atoms with van der Waals surface area (Å²) < 4.78 is 31.9. The fourth-order valence-electron chi connectivity index (χ4n) is 4.75. The van der Waals surface area contributed by atoms with Gasteiger partial charge < -0.3 is 19.5 Å². The minimum atomic E-state index is -0.390. The van der Waals surface area contributed by atoms with E-state index in [0.717, 1.165) is 37.0 Å². The number of methoxy groups -OCH3 is 1. The monoisotopic (exact) mass is 474 g/mol. The maximum Gasteiger partial charge on any atom is 0.410 e. The van der Waals surface area contributed by atoms with Gasteiger partial charge in [0.05, 0.1) is 18.8 Å². The number of hydrogen-bond donors (Lipinski definition) is 1. The highest BCUT2D eigenvalue weighted by molar-refractivity contribution is 7.98. The summed E-state index contributed by atoms with van der Waals surface area (Å²) in [6.07, 6.45) is 8.38. The molecule has 1 aliphatic carbocycles. The summed E-state index contributed by atoms with van der Waals surface area (Å²) in [5.74, 6) is 0.472. The summed E-state index contributed by atoms with van der Waals surface area (Å²) in [4.78, 5) is 23.9. The van der Waals surface area contributed by atoms with Crippen LogP contribution in [0.5, 0.6) is 11.6 Å². The zero-order valence-electron chi connectivity index (χ0n) is 18.6. The van der Waals surface area contributed by atoms with E-state index in [1.165, 1.54) is 31.3 Å². The first-order valence-electron chi connectivity index (χ1n) is 11.2. The van der Waals surface area contributed by atoms with E-state index in [1.54, 1.807) is 6.07 Å². The van der Waals surface area contributed by atoms with E-state index in [0.29, 0.717) is 12.2 Å². The zero-order valence-corrected chi connectivity index (χ0v) is 19.4. The maximum absolute atomic E-state index is 14.5. The van der Waals surface area contributed by atoms with Crippen LogP contribution in [0.15, 0.2) is 29.4 Å². The number of nitrogens with one attached hydrogen (secondary N) is 1. The van der Waals surface area contributed by atoms with E-state index in [1.807, 2.05) is 17.2 Å². The lowest BCUT2D eigenvalue weighted by atomic mass is 9.96. The molecule has 2 aromatic rings. The second kappa shape index (κ2) is 9.24.